The van der Waals surface area contributed by atoms with Crippen molar-refractivity contribution in [1.82, 2.24) is 10.1 Å². The van der Waals surface area contributed by atoms with Crippen LogP contribution in [0.15, 0.2) is 22.7 Å². The first kappa shape index (κ1) is 10.6. The monoisotopic (exact) mass is 223 g/mol. The summed E-state index contributed by atoms with van der Waals surface area (Å²) in [4.78, 5) is 3.94. The predicted molar refractivity (Wildman–Crippen MR) is 54.9 cm³/mol. The second kappa shape index (κ2) is 4.28. The Bertz CT molecular complexity index is 499. The zero-order valence-corrected chi connectivity index (χ0v) is 8.35. The Morgan fingerprint density at radius 2 is 2.25 bits per heavy atom. The fraction of sp³-hybridized carbons (Fsp3) is 0.200. The lowest BCUT2D eigenvalue weighted by Gasteiger charge is -1.98. The molecule has 1 aromatic heterocycles. The first-order chi connectivity index (χ1) is 7.70. The van der Waals surface area contributed by atoms with Gasteiger partial charge in [0.15, 0.2) is 5.82 Å². The average Bonchev–Trinajstić information content (AvgIpc) is 2.71. The molecule has 6 heteroatoms. The van der Waals surface area contributed by atoms with E-state index in [0.717, 1.165) is 0 Å². The fourth-order valence-electron chi connectivity index (χ4n) is 1.27. The Morgan fingerprint density at radius 1 is 1.44 bits per heavy atom. The molecule has 0 aliphatic rings. The SMILES string of the molecule is Nc1ccc(F)c(-c2nc(CCO)no2)c1. The van der Waals surface area contributed by atoms with Crippen LogP contribution in [-0.4, -0.2) is 21.9 Å². The van der Waals surface area contributed by atoms with Crippen molar-refractivity contribution in [3.05, 3.63) is 29.8 Å². The molecule has 0 aliphatic heterocycles. The number of benzene rings is 1. The normalized spacial score (nSPS) is 10.6. The van der Waals surface area contributed by atoms with Crippen molar-refractivity contribution in [3.8, 4) is 11.5 Å². The minimum absolute atomic E-state index is 0.0632. The van der Waals surface area contributed by atoms with Crippen molar-refractivity contribution in [2.45, 2.75) is 6.42 Å². The van der Waals surface area contributed by atoms with E-state index < -0.39 is 5.82 Å². The molecule has 3 N–H and O–H groups in total. The minimum Gasteiger partial charge on any atom is -0.399 e. The van der Waals surface area contributed by atoms with Crippen LogP contribution in [0.25, 0.3) is 11.5 Å². The molecule has 0 spiro atoms. The number of nitrogens with zero attached hydrogens (tertiary/aromatic N) is 2. The summed E-state index contributed by atoms with van der Waals surface area (Å²) < 4.78 is 18.3. The molecule has 5 nitrogen and oxygen atoms in total. The second-order valence-electron chi connectivity index (χ2n) is 3.23. The Kier molecular flexibility index (Phi) is 2.82. The summed E-state index contributed by atoms with van der Waals surface area (Å²) in [6.07, 6.45) is 0.271. The number of rotatable bonds is 3. The third-order valence-electron chi connectivity index (χ3n) is 2.02. The van der Waals surface area contributed by atoms with E-state index in [2.05, 4.69) is 10.1 Å². The Balaban J connectivity index is 2.38. The number of halogens is 1. The zero-order chi connectivity index (χ0) is 11.5. The first-order valence-electron chi connectivity index (χ1n) is 4.69. The van der Waals surface area contributed by atoms with Gasteiger partial charge in [-0.3, -0.25) is 0 Å². The van der Waals surface area contributed by atoms with Gasteiger partial charge in [0.25, 0.3) is 5.89 Å². The van der Waals surface area contributed by atoms with Gasteiger partial charge in [0.05, 0.1) is 12.2 Å². The Hall–Kier alpha value is -1.95. The second-order valence-corrected chi connectivity index (χ2v) is 3.23. The van der Waals surface area contributed by atoms with Crippen LogP contribution in [0.5, 0.6) is 0 Å². The maximum Gasteiger partial charge on any atom is 0.260 e. The lowest BCUT2D eigenvalue weighted by molar-refractivity contribution is 0.293. The van der Waals surface area contributed by atoms with Crippen LogP contribution >= 0.6 is 0 Å². The van der Waals surface area contributed by atoms with E-state index in [0.29, 0.717) is 11.5 Å². The third-order valence-corrected chi connectivity index (χ3v) is 2.02. The van der Waals surface area contributed by atoms with E-state index in [9.17, 15) is 4.39 Å². The van der Waals surface area contributed by atoms with Crippen molar-refractivity contribution in [2.24, 2.45) is 0 Å². The van der Waals surface area contributed by atoms with E-state index in [1.54, 1.807) is 0 Å². The van der Waals surface area contributed by atoms with Gasteiger partial charge in [-0.15, -0.1) is 0 Å². The summed E-state index contributed by atoms with van der Waals surface area (Å²) >= 11 is 0. The van der Waals surface area contributed by atoms with Crippen molar-refractivity contribution in [3.63, 3.8) is 0 Å². The van der Waals surface area contributed by atoms with E-state index >= 15 is 0 Å². The molecule has 0 unspecified atom stereocenters. The molecule has 0 aliphatic carbocycles. The molecule has 0 saturated heterocycles. The van der Waals surface area contributed by atoms with Gasteiger partial charge < -0.3 is 15.4 Å². The lowest BCUT2D eigenvalue weighted by atomic mass is 10.2. The quantitative estimate of drug-likeness (QED) is 0.758. The molecule has 16 heavy (non-hydrogen) atoms. The van der Waals surface area contributed by atoms with Crippen molar-refractivity contribution < 1.29 is 14.0 Å². The van der Waals surface area contributed by atoms with Gasteiger partial charge in [0.1, 0.15) is 5.82 Å². The molecule has 0 saturated carbocycles. The number of anilines is 1. The molecule has 0 atom stereocenters. The number of hydrogen-bond donors (Lipinski definition) is 2. The smallest absolute Gasteiger partial charge is 0.260 e. The number of aliphatic hydroxyl groups excluding tert-OH is 1. The van der Waals surface area contributed by atoms with Crippen LogP contribution < -0.4 is 5.73 Å². The number of aliphatic hydroxyl groups is 1. The van der Waals surface area contributed by atoms with Gasteiger partial charge in [-0.2, -0.15) is 4.98 Å². The summed E-state index contributed by atoms with van der Waals surface area (Å²) in [5.74, 6) is -0.0824. The van der Waals surface area contributed by atoms with Gasteiger partial charge >= 0.3 is 0 Å². The van der Waals surface area contributed by atoms with E-state index in [1.807, 2.05) is 0 Å². The number of nitrogen functional groups attached to an aromatic ring is 1. The fourth-order valence-corrected chi connectivity index (χ4v) is 1.27. The van der Waals surface area contributed by atoms with E-state index in [1.165, 1.54) is 18.2 Å². The maximum atomic E-state index is 13.4. The topological polar surface area (TPSA) is 85.2 Å². The van der Waals surface area contributed by atoms with E-state index in [4.69, 9.17) is 15.4 Å². The van der Waals surface area contributed by atoms with Crippen LogP contribution in [-0.2, 0) is 6.42 Å². The van der Waals surface area contributed by atoms with Gasteiger partial charge in [-0.25, -0.2) is 4.39 Å². The standard InChI is InChI=1S/C10H10FN3O2/c11-8-2-1-6(12)5-7(8)10-13-9(3-4-15)14-16-10/h1-2,5,15H,3-4,12H2. The largest absolute Gasteiger partial charge is 0.399 e. The molecule has 1 heterocycles. The van der Waals surface area contributed by atoms with Crippen molar-refractivity contribution >= 4 is 5.69 Å². The highest BCUT2D eigenvalue weighted by molar-refractivity contribution is 5.60. The summed E-state index contributed by atoms with van der Waals surface area (Å²) in [6.45, 7) is -0.0849. The molecule has 0 amide bonds. The van der Waals surface area contributed by atoms with Gasteiger partial charge in [-0.1, -0.05) is 5.16 Å². The average molecular weight is 223 g/mol. The summed E-state index contributed by atoms with van der Waals surface area (Å²) in [5, 5.41) is 12.3. The number of nitrogens with two attached hydrogens (primary N) is 1. The molecule has 84 valence electrons. The first-order valence-corrected chi connectivity index (χ1v) is 4.69. The molecular weight excluding hydrogens is 213 g/mol. The molecule has 2 rings (SSSR count). The highest BCUT2D eigenvalue weighted by Gasteiger charge is 2.13. The van der Waals surface area contributed by atoms with Gasteiger partial charge in [0.2, 0.25) is 0 Å². The number of aromatic nitrogens is 2. The van der Waals surface area contributed by atoms with E-state index in [-0.39, 0.29) is 24.5 Å². The van der Waals surface area contributed by atoms with Crippen LogP contribution in [0, 0.1) is 5.82 Å². The third kappa shape index (κ3) is 2.01. The molecular formula is C10H10FN3O2. The molecule has 0 fully saturated rings. The van der Waals surface area contributed by atoms with Crippen LogP contribution in [0.1, 0.15) is 5.82 Å². The Labute approximate surface area is 90.7 Å². The van der Waals surface area contributed by atoms with Gasteiger partial charge in [0, 0.05) is 12.1 Å². The highest BCUT2D eigenvalue weighted by atomic mass is 19.1. The summed E-state index contributed by atoms with van der Waals surface area (Å²) in [7, 11) is 0. The van der Waals surface area contributed by atoms with Crippen LogP contribution in [0.4, 0.5) is 10.1 Å². The summed E-state index contributed by atoms with van der Waals surface area (Å²) in [6, 6.07) is 4.11. The van der Waals surface area contributed by atoms with Crippen LogP contribution in [0.3, 0.4) is 0 Å². The molecule has 2 aromatic rings. The molecule has 0 radical (unpaired) electrons. The van der Waals surface area contributed by atoms with Gasteiger partial charge in [-0.05, 0) is 18.2 Å². The highest BCUT2D eigenvalue weighted by Crippen LogP contribution is 2.23. The predicted octanol–water partition coefficient (Wildman–Crippen LogP) is 0.993. The van der Waals surface area contributed by atoms with Crippen LogP contribution in [0.2, 0.25) is 0 Å². The lowest BCUT2D eigenvalue weighted by Crippen LogP contribution is -1.93. The van der Waals surface area contributed by atoms with Crippen molar-refractivity contribution in [2.75, 3.05) is 12.3 Å². The Morgan fingerprint density at radius 3 is 3.00 bits per heavy atom. The summed E-state index contributed by atoms with van der Waals surface area (Å²) in [5.41, 5.74) is 6.11. The maximum absolute atomic E-state index is 13.4. The number of hydrogen-bond acceptors (Lipinski definition) is 5. The molecule has 1 aromatic carbocycles. The van der Waals surface area contributed by atoms with Crippen molar-refractivity contribution in [1.29, 1.82) is 0 Å². The molecule has 0 bridgehead atoms. The minimum atomic E-state index is -0.478. The zero-order valence-electron chi connectivity index (χ0n) is 8.35.